The van der Waals surface area contributed by atoms with Gasteiger partial charge in [0.1, 0.15) is 24.1 Å². The van der Waals surface area contributed by atoms with Crippen LogP contribution in [0.1, 0.15) is 38.8 Å². The van der Waals surface area contributed by atoms with E-state index in [4.69, 9.17) is 29.0 Å². The number of hydrogen-bond acceptors (Lipinski definition) is 11. The summed E-state index contributed by atoms with van der Waals surface area (Å²) in [5.74, 6) is 1.10. The number of carbonyl (C=O) groups excluding carboxylic acids is 1. The van der Waals surface area contributed by atoms with E-state index in [0.717, 1.165) is 56.0 Å². The Labute approximate surface area is 248 Å². The van der Waals surface area contributed by atoms with E-state index in [9.17, 15) is 4.79 Å². The van der Waals surface area contributed by atoms with Gasteiger partial charge >= 0.3 is 14.5 Å². The molecule has 1 aromatic carbocycles. The molecule has 0 spiro atoms. The van der Waals surface area contributed by atoms with Gasteiger partial charge in [0.25, 0.3) is 0 Å². The summed E-state index contributed by atoms with van der Waals surface area (Å²) >= 11 is 0. The Bertz CT molecular complexity index is 1240. The fourth-order valence-electron chi connectivity index (χ4n) is 4.58. The fourth-order valence-corrected chi connectivity index (χ4v) is 5.66. The maximum atomic E-state index is 12.5. The number of anilines is 2. The number of ether oxygens (including phenoxy) is 3. The topological polar surface area (TPSA) is 135 Å². The molecule has 4 rings (SSSR count). The van der Waals surface area contributed by atoms with Crippen molar-refractivity contribution < 1.29 is 28.1 Å². The van der Waals surface area contributed by atoms with Gasteiger partial charge in [0.05, 0.1) is 32.5 Å². The molecule has 1 aliphatic rings. The molecule has 42 heavy (non-hydrogen) atoms. The normalized spacial score (nSPS) is 15.2. The molecule has 13 heteroatoms. The Hall–Kier alpha value is -3.02. The van der Waals surface area contributed by atoms with Crippen molar-refractivity contribution in [2.75, 3.05) is 63.8 Å². The Morgan fingerprint density at radius 2 is 1.88 bits per heavy atom. The lowest BCUT2D eigenvalue weighted by molar-refractivity contribution is -0.143. The average Bonchev–Trinajstić information content (AvgIpc) is 3.45. The molecule has 1 aliphatic heterocycles. The van der Waals surface area contributed by atoms with Crippen molar-refractivity contribution in [3.8, 4) is 5.75 Å². The molecule has 3 N–H and O–H groups in total. The summed E-state index contributed by atoms with van der Waals surface area (Å²) in [7, 11) is -0.00684. The van der Waals surface area contributed by atoms with Gasteiger partial charge in [-0.25, -0.2) is 14.6 Å². The highest BCUT2D eigenvalue weighted by Crippen LogP contribution is 2.36. The summed E-state index contributed by atoms with van der Waals surface area (Å²) in [6.45, 7) is 8.00. The van der Waals surface area contributed by atoms with Crippen LogP contribution < -0.4 is 20.2 Å². The van der Waals surface area contributed by atoms with Gasteiger partial charge in [-0.3, -0.25) is 4.79 Å². The molecule has 2 aromatic heterocycles. The number of hydrogen-bond donors (Lipinski definition) is 2. The van der Waals surface area contributed by atoms with Crippen LogP contribution in [0.25, 0.3) is 5.52 Å². The van der Waals surface area contributed by atoms with E-state index >= 15 is 0 Å². The molecule has 12 nitrogen and oxygen atoms in total. The first-order chi connectivity index (χ1) is 20.5. The van der Waals surface area contributed by atoms with Crippen molar-refractivity contribution in [2.24, 2.45) is 5.92 Å². The Morgan fingerprint density at radius 3 is 2.60 bits per heavy atom. The van der Waals surface area contributed by atoms with Crippen molar-refractivity contribution in [1.82, 2.24) is 19.7 Å². The van der Waals surface area contributed by atoms with Crippen molar-refractivity contribution in [3.63, 3.8) is 0 Å². The van der Waals surface area contributed by atoms with E-state index in [0.29, 0.717) is 36.9 Å². The quantitative estimate of drug-likeness (QED) is 0.172. The lowest BCUT2D eigenvalue weighted by atomic mass is 10.1. The van der Waals surface area contributed by atoms with Gasteiger partial charge in [-0.2, -0.15) is 5.10 Å². The number of methoxy groups -OCH3 is 1. The third-order valence-electron chi connectivity index (χ3n) is 7.38. The van der Waals surface area contributed by atoms with Gasteiger partial charge in [0.15, 0.2) is 5.82 Å². The molecule has 0 amide bonds. The minimum Gasteiger partial charge on any atom is -0.464 e. The van der Waals surface area contributed by atoms with Crippen LogP contribution in [0.2, 0.25) is 0 Å². The number of nitrogens with zero attached hydrogens (tertiary/aromatic N) is 4. The highest BCUT2D eigenvalue weighted by Gasteiger charge is 2.20. The van der Waals surface area contributed by atoms with Gasteiger partial charge in [0, 0.05) is 31.6 Å². The van der Waals surface area contributed by atoms with Gasteiger partial charge in [-0.05, 0) is 55.2 Å². The Kier molecular flexibility index (Phi) is 12.6. The summed E-state index contributed by atoms with van der Waals surface area (Å²) in [6, 6.07) is 11.8. The monoisotopic (exact) mass is 602 g/mol. The maximum absolute atomic E-state index is 12.5. The highest BCUT2D eigenvalue weighted by molar-refractivity contribution is 7.45. The number of carbonyl (C=O) groups is 1. The number of aryl methyl sites for hydroxylation is 1. The largest absolute Gasteiger partial charge is 0.464 e. The maximum Gasteiger partial charge on any atom is 0.320 e. The van der Waals surface area contributed by atoms with Gasteiger partial charge in [-0.1, -0.05) is 26.7 Å². The molecule has 2 unspecified atom stereocenters. The van der Waals surface area contributed by atoms with Crippen molar-refractivity contribution in [1.29, 1.82) is 0 Å². The zero-order chi connectivity index (χ0) is 29.7. The number of rotatable bonds is 17. The third kappa shape index (κ3) is 9.24. The molecule has 2 atom stereocenters. The molecular weight excluding hydrogens is 559 g/mol. The lowest BCUT2D eigenvalue weighted by Gasteiger charge is -2.29. The van der Waals surface area contributed by atoms with Crippen LogP contribution in [0.3, 0.4) is 0 Å². The third-order valence-corrected chi connectivity index (χ3v) is 8.56. The number of benzene rings is 1. The number of esters is 1. The van der Waals surface area contributed by atoms with Crippen LogP contribution in [0.5, 0.6) is 5.75 Å². The summed E-state index contributed by atoms with van der Waals surface area (Å²) < 4.78 is 30.8. The Balaban J connectivity index is 1.34. The van der Waals surface area contributed by atoms with Crippen molar-refractivity contribution in [3.05, 3.63) is 48.4 Å². The molecule has 1 saturated heterocycles. The van der Waals surface area contributed by atoms with E-state index in [2.05, 4.69) is 33.9 Å². The van der Waals surface area contributed by atoms with E-state index in [1.54, 1.807) is 11.6 Å². The van der Waals surface area contributed by atoms with Crippen LogP contribution >= 0.6 is 8.53 Å². The van der Waals surface area contributed by atoms with E-state index in [-0.39, 0.29) is 25.2 Å². The number of nitrogens with one attached hydrogen (secondary N) is 1. The Morgan fingerprint density at radius 1 is 1.12 bits per heavy atom. The molecule has 1 fully saturated rings. The predicted molar refractivity (Wildman–Crippen MR) is 163 cm³/mol. The number of morpholine rings is 1. The second-order valence-electron chi connectivity index (χ2n) is 10.1. The molecule has 0 aliphatic carbocycles. The second-order valence-corrected chi connectivity index (χ2v) is 11.4. The predicted octanol–water partition coefficient (Wildman–Crippen LogP) is 3.99. The average molecular weight is 603 g/mol. The second kappa shape index (κ2) is 16.6. The minimum absolute atomic E-state index is 0.0212. The molecule has 0 saturated carbocycles. The standard InChI is InChI=1S/C29H43N6O6P/c1-4-22(5-2)19-39-28(36)18-33-42(41-25-10-6-23(7-11-25)34-14-16-38-17-15-34)40-20-26(37-3)12-8-24-9-13-27-29(30)31-21-32-35(24)27/h6-7,9-11,13,21-22,26,33H,4-5,8,12,14-20H2,1-3H3,(H2,30,31,32). The number of aromatic nitrogens is 3. The zero-order valence-electron chi connectivity index (χ0n) is 24.7. The zero-order valence-corrected chi connectivity index (χ0v) is 25.6. The fraction of sp³-hybridized carbons (Fsp3) is 0.552. The van der Waals surface area contributed by atoms with Crippen LogP contribution in [0.15, 0.2) is 42.7 Å². The van der Waals surface area contributed by atoms with Crippen LogP contribution in [0, 0.1) is 5.92 Å². The number of nitrogen functional groups attached to an aromatic ring is 1. The van der Waals surface area contributed by atoms with E-state index < -0.39 is 8.53 Å². The minimum atomic E-state index is -1.66. The first kappa shape index (κ1) is 31.9. The van der Waals surface area contributed by atoms with Crippen molar-refractivity contribution in [2.45, 2.75) is 45.6 Å². The summed E-state index contributed by atoms with van der Waals surface area (Å²) in [5, 5.41) is 7.43. The van der Waals surface area contributed by atoms with Crippen LogP contribution in [-0.4, -0.2) is 79.8 Å². The molecule has 3 aromatic rings. The van der Waals surface area contributed by atoms with Crippen LogP contribution in [0.4, 0.5) is 11.5 Å². The number of fused-ring (bicyclic) bond motifs is 1. The van der Waals surface area contributed by atoms with E-state index in [1.807, 2.05) is 36.4 Å². The molecule has 0 radical (unpaired) electrons. The van der Waals surface area contributed by atoms with Gasteiger partial charge < -0.3 is 33.9 Å². The first-order valence-electron chi connectivity index (χ1n) is 14.5. The molecule has 0 bridgehead atoms. The molecular formula is C29H43N6O6P. The smallest absolute Gasteiger partial charge is 0.320 e. The first-order valence-corrected chi connectivity index (χ1v) is 15.7. The number of nitrogens with two attached hydrogens (primary N) is 1. The summed E-state index contributed by atoms with van der Waals surface area (Å²) in [5.41, 5.74) is 8.84. The van der Waals surface area contributed by atoms with Gasteiger partial charge in [-0.15, -0.1) is 0 Å². The molecule has 230 valence electrons. The lowest BCUT2D eigenvalue weighted by Crippen LogP contribution is -2.36. The highest BCUT2D eigenvalue weighted by atomic mass is 31.2. The van der Waals surface area contributed by atoms with Crippen LogP contribution in [-0.2, 0) is 29.9 Å². The summed E-state index contributed by atoms with van der Waals surface area (Å²) in [4.78, 5) is 18.8. The van der Waals surface area contributed by atoms with E-state index in [1.165, 1.54) is 6.33 Å². The molecule has 3 heterocycles. The SMILES string of the molecule is CCC(CC)COC(=O)CNP(OCC(CCc1ccc2c(N)ncnn12)OC)Oc1ccc(N2CCOCC2)cc1. The van der Waals surface area contributed by atoms with Gasteiger partial charge in [0.2, 0.25) is 0 Å². The van der Waals surface area contributed by atoms with Crippen molar-refractivity contribution >= 4 is 31.5 Å². The summed E-state index contributed by atoms with van der Waals surface area (Å²) in [6.07, 6.45) is 4.55.